The molecule has 0 aliphatic heterocycles. The molecule has 2 aromatic rings. The maximum absolute atomic E-state index is 13.7. The summed E-state index contributed by atoms with van der Waals surface area (Å²) < 4.78 is 27.6. The molecule has 1 nitrogen and oxygen atoms in total. The van der Waals surface area contributed by atoms with Crippen LogP contribution in [0.4, 0.5) is 8.78 Å². The fraction of sp³-hybridized carbons (Fsp3) is 0.200. The van der Waals surface area contributed by atoms with Gasteiger partial charge in [-0.2, -0.15) is 0 Å². The lowest BCUT2D eigenvalue weighted by molar-refractivity contribution is 0.540. The largest absolute Gasteiger partial charge is 0.313 e. The predicted octanol–water partition coefficient (Wildman–Crippen LogP) is 4.88. The van der Waals surface area contributed by atoms with Gasteiger partial charge in [0.05, 0.1) is 0 Å². The average molecular weight is 361 g/mol. The first-order valence-corrected chi connectivity index (χ1v) is 7.24. The minimum Gasteiger partial charge on any atom is -0.313 e. The highest BCUT2D eigenvalue weighted by atomic mass is 79.9. The molecule has 0 radical (unpaired) electrons. The maximum Gasteiger partial charge on any atom is 0.129 e. The van der Waals surface area contributed by atoms with E-state index in [1.54, 1.807) is 13.1 Å². The summed E-state index contributed by atoms with van der Waals surface area (Å²) in [6.45, 7) is 0. The Morgan fingerprint density at radius 3 is 2.60 bits per heavy atom. The van der Waals surface area contributed by atoms with Crippen LogP contribution in [-0.2, 0) is 6.42 Å². The van der Waals surface area contributed by atoms with Crippen LogP contribution in [0.25, 0.3) is 0 Å². The summed E-state index contributed by atoms with van der Waals surface area (Å²) in [6.07, 6.45) is 0.404. The van der Waals surface area contributed by atoms with Crippen LogP contribution >= 0.6 is 27.5 Å². The summed E-state index contributed by atoms with van der Waals surface area (Å²) in [4.78, 5) is 0. The van der Waals surface area contributed by atoms with Crippen molar-refractivity contribution in [3.05, 3.63) is 68.7 Å². The number of hydrogen-bond acceptors (Lipinski definition) is 1. The van der Waals surface area contributed by atoms with E-state index < -0.39 is 11.6 Å². The van der Waals surface area contributed by atoms with Crippen molar-refractivity contribution >= 4 is 27.5 Å². The van der Waals surface area contributed by atoms with Gasteiger partial charge in [0.25, 0.3) is 0 Å². The SMILES string of the molecule is CNC(Cc1ccc(F)cc1F)c1cc(Cl)ccc1Br. The lowest BCUT2D eigenvalue weighted by atomic mass is 9.98. The number of rotatable bonds is 4. The highest BCUT2D eigenvalue weighted by molar-refractivity contribution is 9.10. The molecular formula is C15H13BrClF2N. The molecule has 1 unspecified atom stereocenters. The molecule has 0 saturated carbocycles. The zero-order valence-electron chi connectivity index (χ0n) is 10.8. The molecule has 0 heterocycles. The van der Waals surface area contributed by atoms with Crippen LogP contribution in [-0.4, -0.2) is 7.05 Å². The number of hydrogen-bond donors (Lipinski definition) is 1. The zero-order valence-corrected chi connectivity index (χ0v) is 13.1. The number of likely N-dealkylation sites (N-methyl/N-ethyl adjacent to an activating group) is 1. The summed E-state index contributed by atoms with van der Waals surface area (Å²) in [5, 5.41) is 3.74. The zero-order chi connectivity index (χ0) is 14.7. The molecule has 0 amide bonds. The monoisotopic (exact) mass is 359 g/mol. The van der Waals surface area contributed by atoms with E-state index in [1.807, 2.05) is 12.1 Å². The quantitative estimate of drug-likeness (QED) is 0.819. The summed E-state index contributed by atoms with van der Waals surface area (Å²) in [6, 6.07) is 8.96. The van der Waals surface area contributed by atoms with E-state index in [0.29, 0.717) is 17.0 Å². The topological polar surface area (TPSA) is 12.0 Å². The number of benzene rings is 2. The van der Waals surface area contributed by atoms with Crippen molar-refractivity contribution in [1.82, 2.24) is 5.32 Å². The molecule has 1 atom stereocenters. The van der Waals surface area contributed by atoms with E-state index in [0.717, 1.165) is 16.1 Å². The molecule has 2 aromatic carbocycles. The molecule has 0 bridgehead atoms. The van der Waals surface area contributed by atoms with Crippen molar-refractivity contribution in [2.24, 2.45) is 0 Å². The van der Waals surface area contributed by atoms with Crippen molar-refractivity contribution in [3.63, 3.8) is 0 Å². The van der Waals surface area contributed by atoms with Crippen LogP contribution in [0, 0.1) is 11.6 Å². The number of nitrogens with one attached hydrogen (secondary N) is 1. The molecule has 0 aliphatic rings. The third kappa shape index (κ3) is 3.57. The lowest BCUT2D eigenvalue weighted by Crippen LogP contribution is -2.20. The standard InChI is InChI=1S/C15H13BrClF2N/c1-20-15(12-7-10(17)3-5-13(12)16)6-9-2-4-11(18)8-14(9)19/h2-5,7-8,15,20H,6H2,1H3. The van der Waals surface area contributed by atoms with Crippen LogP contribution < -0.4 is 5.32 Å². The van der Waals surface area contributed by atoms with E-state index >= 15 is 0 Å². The van der Waals surface area contributed by atoms with Crippen LogP contribution in [0.15, 0.2) is 40.9 Å². The molecule has 0 aliphatic carbocycles. The first-order valence-electron chi connectivity index (χ1n) is 6.07. The van der Waals surface area contributed by atoms with Gasteiger partial charge in [-0.05, 0) is 48.9 Å². The van der Waals surface area contributed by atoms with E-state index in [1.165, 1.54) is 12.1 Å². The molecule has 0 fully saturated rings. The van der Waals surface area contributed by atoms with Gasteiger partial charge in [-0.25, -0.2) is 8.78 Å². The van der Waals surface area contributed by atoms with Gasteiger partial charge in [0.15, 0.2) is 0 Å². The molecule has 5 heteroatoms. The van der Waals surface area contributed by atoms with Gasteiger partial charge < -0.3 is 5.32 Å². The van der Waals surface area contributed by atoms with Crippen LogP contribution in [0.3, 0.4) is 0 Å². The van der Waals surface area contributed by atoms with Crippen LogP contribution in [0.5, 0.6) is 0 Å². The summed E-state index contributed by atoms with van der Waals surface area (Å²) in [7, 11) is 1.79. The summed E-state index contributed by atoms with van der Waals surface area (Å²) in [5.74, 6) is -1.11. The lowest BCUT2D eigenvalue weighted by Gasteiger charge is -2.19. The second-order valence-electron chi connectivity index (χ2n) is 4.45. The highest BCUT2D eigenvalue weighted by Crippen LogP contribution is 2.29. The van der Waals surface area contributed by atoms with Gasteiger partial charge in [0.2, 0.25) is 0 Å². The molecule has 106 valence electrons. The van der Waals surface area contributed by atoms with Gasteiger partial charge in [0.1, 0.15) is 11.6 Å². The molecule has 0 saturated heterocycles. The normalized spacial score (nSPS) is 12.4. The predicted molar refractivity (Wildman–Crippen MR) is 81.0 cm³/mol. The van der Waals surface area contributed by atoms with Gasteiger partial charge in [-0.3, -0.25) is 0 Å². The van der Waals surface area contributed by atoms with E-state index in [-0.39, 0.29) is 6.04 Å². The van der Waals surface area contributed by atoms with E-state index in [4.69, 9.17) is 11.6 Å². The first-order chi connectivity index (χ1) is 9.51. The Morgan fingerprint density at radius 2 is 1.95 bits per heavy atom. The van der Waals surface area contributed by atoms with Gasteiger partial charge in [-0.15, -0.1) is 0 Å². The van der Waals surface area contributed by atoms with Crippen molar-refractivity contribution in [2.45, 2.75) is 12.5 Å². The minimum absolute atomic E-state index is 0.122. The van der Waals surface area contributed by atoms with E-state index in [9.17, 15) is 8.78 Å². The third-order valence-electron chi connectivity index (χ3n) is 3.12. The second kappa shape index (κ2) is 6.66. The Morgan fingerprint density at radius 1 is 1.20 bits per heavy atom. The van der Waals surface area contributed by atoms with Crippen LogP contribution in [0.1, 0.15) is 17.2 Å². The highest BCUT2D eigenvalue weighted by Gasteiger charge is 2.16. The van der Waals surface area contributed by atoms with Gasteiger partial charge in [0, 0.05) is 21.6 Å². The Hall–Kier alpha value is -0.970. The van der Waals surface area contributed by atoms with Crippen molar-refractivity contribution < 1.29 is 8.78 Å². The summed E-state index contributed by atoms with van der Waals surface area (Å²) in [5.41, 5.74) is 1.39. The fourth-order valence-corrected chi connectivity index (χ4v) is 2.76. The molecule has 0 spiro atoms. The van der Waals surface area contributed by atoms with Crippen molar-refractivity contribution in [2.75, 3.05) is 7.05 Å². The van der Waals surface area contributed by atoms with Crippen molar-refractivity contribution in [3.8, 4) is 0 Å². The Kier molecular flexibility index (Phi) is 5.13. The van der Waals surface area contributed by atoms with Gasteiger partial charge >= 0.3 is 0 Å². The third-order valence-corrected chi connectivity index (χ3v) is 4.08. The Bertz CT molecular complexity index is 619. The second-order valence-corrected chi connectivity index (χ2v) is 5.74. The molecule has 0 aromatic heterocycles. The van der Waals surface area contributed by atoms with Gasteiger partial charge in [-0.1, -0.05) is 33.6 Å². The fourth-order valence-electron chi connectivity index (χ4n) is 2.06. The maximum atomic E-state index is 13.7. The molecule has 20 heavy (non-hydrogen) atoms. The van der Waals surface area contributed by atoms with Crippen molar-refractivity contribution in [1.29, 1.82) is 0 Å². The Labute approximate surface area is 130 Å². The molecule has 2 rings (SSSR count). The Balaban J connectivity index is 2.31. The van der Waals surface area contributed by atoms with E-state index in [2.05, 4.69) is 21.2 Å². The minimum atomic E-state index is -0.573. The summed E-state index contributed by atoms with van der Waals surface area (Å²) >= 11 is 9.46. The first kappa shape index (κ1) is 15.4. The average Bonchev–Trinajstić information content (AvgIpc) is 2.41. The number of halogens is 4. The molecule has 1 N–H and O–H groups in total. The smallest absolute Gasteiger partial charge is 0.129 e. The molecular weight excluding hydrogens is 348 g/mol. The van der Waals surface area contributed by atoms with Crippen LogP contribution in [0.2, 0.25) is 5.02 Å².